The maximum atomic E-state index is 10.9. The summed E-state index contributed by atoms with van der Waals surface area (Å²) in [5, 5.41) is 0. The van der Waals surface area contributed by atoms with Gasteiger partial charge in [-0.1, -0.05) is 13.5 Å². The number of methoxy groups -OCH3 is 1. The van der Waals surface area contributed by atoms with Gasteiger partial charge in [-0.15, -0.1) is 0 Å². The third-order valence-electron chi connectivity index (χ3n) is 3.03. The molecule has 5 nitrogen and oxygen atoms in total. The van der Waals surface area contributed by atoms with Crippen molar-refractivity contribution in [3.05, 3.63) is 28.1 Å². The third kappa shape index (κ3) is 2.06. The molecule has 2 aromatic rings. The van der Waals surface area contributed by atoms with Crippen molar-refractivity contribution in [2.24, 2.45) is 0 Å². The van der Waals surface area contributed by atoms with Crippen molar-refractivity contribution in [1.82, 2.24) is 14.4 Å². The predicted octanol–water partition coefficient (Wildman–Crippen LogP) is 2.58. The number of aldehydes is 1. The Labute approximate surface area is 119 Å². The number of halogens is 1. The molecule has 6 heteroatoms. The van der Waals surface area contributed by atoms with Crippen LogP contribution in [-0.2, 0) is 11.2 Å². The number of carbonyl (C=O) groups excluding carboxylic acids is 1. The molecule has 0 amide bonds. The van der Waals surface area contributed by atoms with Crippen LogP contribution in [0.4, 0.5) is 0 Å². The Balaban J connectivity index is 2.84. The lowest BCUT2D eigenvalue weighted by molar-refractivity contribution is -0.103. The minimum absolute atomic E-state index is 0.314. The number of allylic oxidation sites excluding steroid dienone is 1. The standard InChI is InChI=1S/C13H14BrN3O2/c1-5-9-8(3)17-11(14)10(7(2)6-18)15-13(17)16-12(9)19-4/h6H,2,5H2,1,3-4H3. The fourth-order valence-corrected chi connectivity index (χ4v) is 2.81. The number of nitrogens with zero attached hydrogens (tertiary/aromatic N) is 3. The number of aromatic nitrogens is 3. The van der Waals surface area contributed by atoms with Crippen molar-refractivity contribution >= 4 is 33.6 Å². The van der Waals surface area contributed by atoms with E-state index in [1.165, 1.54) is 0 Å². The molecule has 0 aliphatic rings. The second-order valence-corrected chi connectivity index (χ2v) is 4.82. The monoisotopic (exact) mass is 323 g/mol. The number of hydrogen-bond acceptors (Lipinski definition) is 4. The van der Waals surface area contributed by atoms with E-state index in [2.05, 4.69) is 32.5 Å². The van der Waals surface area contributed by atoms with E-state index in [0.29, 0.717) is 33.8 Å². The summed E-state index contributed by atoms with van der Waals surface area (Å²) in [5.74, 6) is 1.05. The first kappa shape index (κ1) is 13.7. The van der Waals surface area contributed by atoms with Gasteiger partial charge >= 0.3 is 0 Å². The number of rotatable bonds is 4. The quantitative estimate of drug-likeness (QED) is 0.641. The molecule has 19 heavy (non-hydrogen) atoms. The van der Waals surface area contributed by atoms with E-state index < -0.39 is 0 Å². The summed E-state index contributed by atoms with van der Waals surface area (Å²) in [5.41, 5.74) is 2.81. The lowest BCUT2D eigenvalue weighted by Gasteiger charge is -2.11. The first-order chi connectivity index (χ1) is 9.04. The molecule has 0 spiro atoms. The van der Waals surface area contributed by atoms with Gasteiger partial charge in [0, 0.05) is 16.8 Å². The minimum atomic E-state index is 0.314. The van der Waals surface area contributed by atoms with Crippen LogP contribution in [0, 0.1) is 6.92 Å². The van der Waals surface area contributed by atoms with Gasteiger partial charge in [-0.05, 0) is 29.3 Å². The van der Waals surface area contributed by atoms with Crippen LogP contribution in [0.2, 0.25) is 0 Å². The van der Waals surface area contributed by atoms with Crippen LogP contribution < -0.4 is 4.74 Å². The minimum Gasteiger partial charge on any atom is -0.481 e. The molecule has 0 bridgehead atoms. The molecule has 0 unspecified atom stereocenters. The lowest BCUT2D eigenvalue weighted by Crippen LogP contribution is -2.04. The van der Waals surface area contributed by atoms with E-state index in [9.17, 15) is 4.79 Å². The highest BCUT2D eigenvalue weighted by atomic mass is 79.9. The van der Waals surface area contributed by atoms with Crippen molar-refractivity contribution in [2.75, 3.05) is 7.11 Å². The molecule has 0 N–H and O–H groups in total. The summed E-state index contributed by atoms with van der Waals surface area (Å²) in [6.45, 7) is 7.69. The first-order valence-electron chi connectivity index (χ1n) is 5.81. The Kier molecular flexibility index (Phi) is 3.71. The number of hydrogen-bond donors (Lipinski definition) is 0. The summed E-state index contributed by atoms with van der Waals surface area (Å²) in [6, 6.07) is 0. The predicted molar refractivity (Wildman–Crippen MR) is 76.5 cm³/mol. The van der Waals surface area contributed by atoms with E-state index in [4.69, 9.17) is 4.74 Å². The molecule has 0 saturated heterocycles. The van der Waals surface area contributed by atoms with Crippen molar-refractivity contribution in [1.29, 1.82) is 0 Å². The average molecular weight is 324 g/mol. The Morgan fingerprint density at radius 2 is 2.21 bits per heavy atom. The molecule has 0 saturated carbocycles. The topological polar surface area (TPSA) is 56.5 Å². The highest BCUT2D eigenvalue weighted by Crippen LogP contribution is 2.29. The number of imidazole rings is 1. The zero-order valence-electron chi connectivity index (χ0n) is 11.0. The molecule has 2 aromatic heterocycles. The summed E-state index contributed by atoms with van der Waals surface area (Å²) in [4.78, 5) is 19.5. The molecule has 100 valence electrons. The smallest absolute Gasteiger partial charge is 0.238 e. The van der Waals surface area contributed by atoms with Gasteiger partial charge in [-0.2, -0.15) is 4.98 Å². The fraction of sp³-hybridized carbons (Fsp3) is 0.308. The molecule has 0 aliphatic carbocycles. The normalized spacial score (nSPS) is 10.7. The SMILES string of the molecule is C=C(C=O)c1nc2nc(OC)c(CC)c(C)n2c1Br. The van der Waals surface area contributed by atoms with E-state index in [1.54, 1.807) is 7.11 Å². The molecule has 2 rings (SSSR count). The zero-order valence-corrected chi connectivity index (χ0v) is 12.6. The number of carbonyl (C=O) groups is 1. The van der Waals surface area contributed by atoms with E-state index >= 15 is 0 Å². The van der Waals surface area contributed by atoms with Gasteiger partial charge in [0.1, 0.15) is 10.3 Å². The van der Waals surface area contributed by atoms with Crippen molar-refractivity contribution < 1.29 is 9.53 Å². The number of fused-ring (bicyclic) bond motifs is 1. The van der Waals surface area contributed by atoms with Crippen molar-refractivity contribution in [3.63, 3.8) is 0 Å². The maximum Gasteiger partial charge on any atom is 0.238 e. The van der Waals surface area contributed by atoms with Crippen LogP contribution in [0.3, 0.4) is 0 Å². The Morgan fingerprint density at radius 1 is 1.53 bits per heavy atom. The zero-order chi connectivity index (χ0) is 14.2. The number of ether oxygens (including phenoxy) is 1. The molecular formula is C13H14BrN3O2. The highest BCUT2D eigenvalue weighted by molar-refractivity contribution is 9.10. The van der Waals surface area contributed by atoms with Gasteiger partial charge in [0.25, 0.3) is 0 Å². The second kappa shape index (κ2) is 5.13. The van der Waals surface area contributed by atoms with Gasteiger partial charge in [0.15, 0.2) is 6.29 Å². The Morgan fingerprint density at radius 3 is 2.74 bits per heavy atom. The van der Waals surface area contributed by atoms with Crippen LogP contribution in [0.5, 0.6) is 5.88 Å². The Hall–Kier alpha value is -1.69. The average Bonchev–Trinajstić information content (AvgIpc) is 2.75. The van der Waals surface area contributed by atoms with Crippen LogP contribution in [-0.4, -0.2) is 27.8 Å². The summed E-state index contributed by atoms with van der Waals surface area (Å²) in [6.07, 6.45) is 1.48. The molecule has 0 aliphatic heterocycles. The molecule has 2 heterocycles. The molecule has 0 aromatic carbocycles. The molecule has 0 fully saturated rings. The van der Waals surface area contributed by atoms with Gasteiger partial charge in [0.2, 0.25) is 11.7 Å². The van der Waals surface area contributed by atoms with Crippen LogP contribution in [0.15, 0.2) is 11.2 Å². The molecule has 0 atom stereocenters. The molecular weight excluding hydrogens is 310 g/mol. The molecule has 0 radical (unpaired) electrons. The lowest BCUT2D eigenvalue weighted by atomic mass is 10.2. The van der Waals surface area contributed by atoms with E-state index in [0.717, 1.165) is 17.7 Å². The van der Waals surface area contributed by atoms with Crippen LogP contribution in [0.25, 0.3) is 11.4 Å². The van der Waals surface area contributed by atoms with Crippen LogP contribution >= 0.6 is 15.9 Å². The first-order valence-corrected chi connectivity index (χ1v) is 6.60. The van der Waals surface area contributed by atoms with Crippen molar-refractivity contribution in [3.8, 4) is 5.88 Å². The summed E-state index contributed by atoms with van der Waals surface area (Å²) in [7, 11) is 1.58. The Bertz CT molecular complexity index is 676. The van der Waals surface area contributed by atoms with Crippen LogP contribution in [0.1, 0.15) is 23.9 Å². The van der Waals surface area contributed by atoms with Crippen molar-refractivity contribution in [2.45, 2.75) is 20.3 Å². The largest absolute Gasteiger partial charge is 0.481 e. The summed E-state index contributed by atoms with van der Waals surface area (Å²) >= 11 is 3.45. The fourth-order valence-electron chi connectivity index (χ4n) is 2.05. The number of aryl methyl sites for hydroxylation is 1. The van der Waals surface area contributed by atoms with E-state index in [-0.39, 0.29) is 0 Å². The van der Waals surface area contributed by atoms with Gasteiger partial charge in [-0.25, -0.2) is 4.98 Å². The van der Waals surface area contributed by atoms with Gasteiger partial charge < -0.3 is 4.74 Å². The third-order valence-corrected chi connectivity index (χ3v) is 3.76. The maximum absolute atomic E-state index is 10.9. The van der Waals surface area contributed by atoms with Gasteiger partial charge in [-0.3, -0.25) is 9.20 Å². The van der Waals surface area contributed by atoms with E-state index in [1.807, 2.05) is 18.2 Å². The van der Waals surface area contributed by atoms with Gasteiger partial charge in [0.05, 0.1) is 7.11 Å². The summed E-state index contributed by atoms with van der Waals surface area (Å²) < 4.78 is 7.82. The highest BCUT2D eigenvalue weighted by Gasteiger charge is 2.19. The second-order valence-electron chi connectivity index (χ2n) is 4.07.